The number of ether oxygens (including phenoxy) is 1. The maximum atomic E-state index is 12.4. The van der Waals surface area contributed by atoms with Crippen molar-refractivity contribution in [1.29, 1.82) is 0 Å². The van der Waals surface area contributed by atoms with E-state index in [1.54, 1.807) is 31.2 Å². The van der Waals surface area contributed by atoms with Gasteiger partial charge in [-0.3, -0.25) is 4.79 Å². The van der Waals surface area contributed by atoms with Crippen LogP contribution in [0.3, 0.4) is 0 Å². The van der Waals surface area contributed by atoms with Gasteiger partial charge in [0.2, 0.25) is 0 Å². The second-order valence-corrected chi connectivity index (χ2v) is 5.56. The molecule has 0 radical (unpaired) electrons. The van der Waals surface area contributed by atoms with Crippen molar-refractivity contribution in [2.75, 3.05) is 12.4 Å². The zero-order valence-electron chi connectivity index (χ0n) is 12.1. The zero-order valence-corrected chi connectivity index (χ0v) is 13.6. The fourth-order valence-corrected chi connectivity index (χ4v) is 2.55. The number of hydrogen-bond acceptors (Lipinski definition) is 3. The second kappa shape index (κ2) is 7.01. The Labute approximate surface area is 138 Å². The van der Waals surface area contributed by atoms with Gasteiger partial charge in [0.1, 0.15) is 5.75 Å². The Hall–Kier alpha value is -1.75. The third-order valence-corrected chi connectivity index (χ3v) is 3.61. The van der Waals surface area contributed by atoms with Gasteiger partial charge in [-0.25, -0.2) is 0 Å². The molecule has 22 heavy (non-hydrogen) atoms. The molecule has 1 atom stereocenters. The molecule has 2 N–H and O–H groups in total. The van der Waals surface area contributed by atoms with Gasteiger partial charge in [0, 0.05) is 10.7 Å². The Morgan fingerprint density at radius 2 is 1.86 bits per heavy atom. The number of amides is 1. The number of benzene rings is 2. The van der Waals surface area contributed by atoms with Crippen molar-refractivity contribution in [3.63, 3.8) is 0 Å². The lowest BCUT2D eigenvalue weighted by Gasteiger charge is -2.12. The number of hydrogen-bond donors (Lipinski definition) is 2. The average molecular weight is 340 g/mol. The Morgan fingerprint density at radius 3 is 2.41 bits per heavy atom. The van der Waals surface area contributed by atoms with Gasteiger partial charge in [0.05, 0.1) is 23.8 Å². The summed E-state index contributed by atoms with van der Waals surface area (Å²) in [6, 6.07) is 9.89. The van der Waals surface area contributed by atoms with Crippen molar-refractivity contribution in [2.45, 2.75) is 13.0 Å². The highest BCUT2D eigenvalue weighted by atomic mass is 35.5. The lowest BCUT2D eigenvalue weighted by Crippen LogP contribution is -2.13. The molecule has 1 amide bonds. The van der Waals surface area contributed by atoms with Crippen LogP contribution >= 0.6 is 23.2 Å². The molecule has 2 rings (SSSR count). The highest BCUT2D eigenvalue weighted by Crippen LogP contribution is 2.32. The van der Waals surface area contributed by atoms with E-state index >= 15 is 0 Å². The van der Waals surface area contributed by atoms with E-state index in [1.807, 2.05) is 0 Å². The Kier molecular flexibility index (Phi) is 5.29. The summed E-state index contributed by atoms with van der Waals surface area (Å²) in [6.07, 6.45) is -0.559. The Morgan fingerprint density at radius 1 is 1.23 bits per heavy atom. The minimum Gasteiger partial charge on any atom is -0.494 e. The standard InChI is InChI=1S/C16H15Cl2NO3/c1-9(20)10-3-5-12(6-4-10)19-16(21)13-7-11(17)8-14(18)15(13)22-2/h3-9,20H,1-2H3,(H,19,21)/t9-/m0/s1. The molecule has 0 fully saturated rings. The molecular formula is C16H15Cl2NO3. The number of aliphatic hydroxyl groups excluding tert-OH is 1. The molecule has 116 valence electrons. The first-order chi connectivity index (χ1) is 10.4. The highest BCUT2D eigenvalue weighted by molar-refractivity contribution is 6.36. The molecule has 2 aromatic rings. The van der Waals surface area contributed by atoms with Gasteiger partial charge in [-0.15, -0.1) is 0 Å². The second-order valence-electron chi connectivity index (χ2n) is 4.72. The third-order valence-electron chi connectivity index (χ3n) is 3.11. The van der Waals surface area contributed by atoms with Crippen LogP contribution in [0, 0.1) is 0 Å². The minimum absolute atomic E-state index is 0.250. The molecule has 0 bridgehead atoms. The number of anilines is 1. The van der Waals surface area contributed by atoms with Crippen LogP contribution < -0.4 is 10.1 Å². The monoisotopic (exact) mass is 339 g/mol. The summed E-state index contributed by atoms with van der Waals surface area (Å²) in [5, 5.41) is 12.8. The van der Waals surface area contributed by atoms with E-state index < -0.39 is 6.10 Å². The fourth-order valence-electron chi connectivity index (χ4n) is 1.98. The molecule has 0 saturated carbocycles. The van der Waals surface area contributed by atoms with Gasteiger partial charge < -0.3 is 15.2 Å². The predicted octanol–water partition coefficient (Wildman–Crippen LogP) is 4.31. The first-order valence-electron chi connectivity index (χ1n) is 6.54. The topological polar surface area (TPSA) is 58.6 Å². The Bertz CT molecular complexity index is 685. The number of carbonyl (C=O) groups excluding carboxylic acids is 1. The Balaban J connectivity index is 2.25. The van der Waals surface area contributed by atoms with Gasteiger partial charge in [0.25, 0.3) is 5.91 Å². The van der Waals surface area contributed by atoms with E-state index in [9.17, 15) is 9.90 Å². The summed E-state index contributed by atoms with van der Waals surface area (Å²) < 4.78 is 5.16. The van der Waals surface area contributed by atoms with Crippen molar-refractivity contribution < 1.29 is 14.6 Å². The van der Waals surface area contributed by atoms with Crippen LogP contribution in [-0.2, 0) is 0 Å². The van der Waals surface area contributed by atoms with Crippen LogP contribution in [-0.4, -0.2) is 18.1 Å². The summed E-state index contributed by atoms with van der Waals surface area (Å²) in [7, 11) is 1.43. The van der Waals surface area contributed by atoms with Crippen molar-refractivity contribution in [1.82, 2.24) is 0 Å². The van der Waals surface area contributed by atoms with E-state index in [0.717, 1.165) is 5.56 Å². The van der Waals surface area contributed by atoms with E-state index in [2.05, 4.69) is 5.32 Å². The molecule has 0 heterocycles. The molecule has 0 aromatic heterocycles. The van der Waals surface area contributed by atoms with Crippen molar-refractivity contribution >= 4 is 34.8 Å². The van der Waals surface area contributed by atoms with Crippen LogP contribution in [0.1, 0.15) is 28.9 Å². The molecule has 0 aliphatic carbocycles. The number of methoxy groups -OCH3 is 1. The summed E-state index contributed by atoms with van der Waals surface area (Å²) >= 11 is 12.0. The van der Waals surface area contributed by atoms with E-state index in [4.69, 9.17) is 27.9 Å². The molecule has 0 saturated heterocycles. The number of nitrogens with one attached hydrogen (secondary N) is 1. The number of rotatable bonds is 4. The quantitative estimate of drug-likeness (QED) is 0.872. The van der Waals surface area contributed by atoms with Crippen LogP contribution in [0.2, 0.25) is 10.0 Å². The van der Waals surface area contributed by atoms with Gasteiger partial charge in [-0.2, -0.15) is 0 Å². The highest BCUT2D eigenvalue weighted by Gasteiger charge is 2.17. The number of halogens is 2. The predicted molar refractivity (Wildman–Crippen MR) is 88.0 cm³/mol. The molecule has 2 aromatic carbocycles. The van der Waals surface area contributed by atoms with Crippen LogP contribution in [0.4, 0.5) is 5.69 Å². The summed E-state index contributed by atoms with van der Waals surface area (Å²) in [4.78, 5) is 12.4. The summed E-state index contributed by atoms with van der Waals surface area (Å²) in [5.41, 5.74) is 1.61. The third kappa shape index (κ3) is 3.71. The van der Waals surface area contributed by atoms with Gasteiger partial charge >= 0.3 is 0 Å². The van der Waals surface area contributed by atoms with Gasteiger partial charge in [0.15, 0.2) is 0 Å². The molecule has 0 unspecified atom stereocenters. The lowest BCUT2D eigenvalue weighted by molar-refractivity contribution is 0.102. The molecule has 6 heteroatoms. The number of aliphatic hydroxyl groups is 1. The van der Waals surface area contributed by atoms with Crippen LogP contribution in [0.5, 0.6) is 5.75 Å². The van der Waals surface area contributed by atoms with Crippen molar-refractivity contribution in [3.8, 4) is 5.75 Å². The van der Waals surface area contributed by atoms with Gasteiger partial charge in [-0.1, -0.05) is 35.3 Å². The SMILES string of the molecule is COc1c(Cl)cc(Cl)cc1C(=O)Nc1ccc([C@H](C)O)cc1. The van der Waals surface area contributed by atoms with Crippen LogP contribution in [0.25, 0.3) is 0 Å². The lowest BCUT2D eigenvalue weighted by atomic mass is 10.1. The minimum atomic E-state index is -0.559. The normalized spacial score (nSPS) is 11.9. The maximum absolute atomic E-state index is 12.4. The maximum Gasteiger partial charge on any atom is 0.259 e. The zero-order chi connectivity index (χ0) is 16.3. The van der Waals surface area contributed by atoms with E-state index in [0.29, 0.717) is 10.7 Å². The smallest absolute Gasteiger partial charge is 0.259 e. The van der Waals surface area contributed by atoms with E-state index in [1.165, 1.54) is 19.2 Å². The van der Waals surface area contributed by atoms with Crippen LogP contribution in [0.15, 0.2) is 36.4 Å². The first kappa shape index (κ1) is 16.6. The molecule has 0 aliphatic heterocycles. The summed E-state index contributed by atoms with van der Waals surface area (Å²) in [5.74, 6) is -0.116. The number of carbonyl (C=O) groups is 1. The largest absolute Gasteiger partial charge is 0.494 e. The fraction of sp³-hybridized carbons (Fsp3) is 0.188. The van der Waals surface area contributed by atoms with Gasteiger partial charge in [-0.05, 0) is 36.8 Å². The van der Waals surface area contributed by atoms with E-state index in [-0.39, 0.29) is 22.2 Å². The first-order valence-corrected chi connectivity index (χ1v) is 7.30. The average Bonchev–Trinajstić information content (AvgIpc) is 2.47. The van der Waals surface area contributed by atoms with Crippen molar-refractivity contribution in [3.05, 3.63) is 57.6 Å². The molecule has 0 spiro atoms. The molecule has 4 nitrogen and oxygen atoms in total. The molecular weight excluding hydrogens is 325 g/mol. The summed E-state index contributed by atoms with van der Waals surface area (Å²) in [6.45, 7) is 1.67. The molecule has 0 aliphatic rings. The van der Waals surface area contributed by atoms with Crippen molar-refractivity contribution in [2.24, 2.45) is 0 Å².